The highest BCUT2D eigenvalue weighted by atomic mass is 16.1. The van der Waals surface area contributed by atoms with Crippen LogP contribution in [-0.4, -0.2) is 5.78 Å². The quantitative estimate of drug-likeness (QED) is 0.521. The van der Waals surface area contributed by atoms with Crippen molar-refractivity contribution in [2.45, 2.75) is 13.8 Å². The number of carbonyl (C=O) groups is 1. The van der Waals surface area contributed by atoms with Crippen LogP contribution in [0.1, 0.15) is 13.8 Å². The second-order valence-electron chi connectivity index (χ2n) is 2.98. The van der Waals surface area contributed by atoms with Crippen molar-refractivity contribution in [3.05, 3.63) is 36.0 Å². The lowest BCUT2D eigenvalue weighted by atomic mass is 9.90. The Morgan fingerprint density at radius 3 is 2.55 bits per heavy atom. The molecule has 11 heavy (non-hydrogen) atoms. The van der Waals surface area contributed by atoms with Crippen LogP contribution in [0.4, 0.5) is 0 Å². The molecule has 0 aromatic carbocycles. The number of rotatable bonds is 1. The van der Waals surface area contributed by atoms with Crippen LogP contribution < -0.4 is 0 Å². The van der Waals surface area contributed by atoms with E-state index in [0.29, 0.717) is 11.5 Å². The van der Waals surface area contributed by atoms with Crippen LogP contribution >= 0.6 is 0 Å². The molecule has 0 atom stereocenters. The molecule has 0 saturated carbocycles. The molecule has 1 nitrogen and oxygen atoms in total. The van der Waals surface area contributed by atoms with E-state index < -0.39 is 0 Å². The predicted molar refractivity (Wildman–Crippen MR) is 46.2 cm³/mol. The monoisotopic (exact) mass is 148 g/mol. The van der Waals surface area contributed by atoms with Crippen LogP contribution in [0.5, 0.6) is 0 Å². The molecular weight excluding hydrogens is 136 g/mol. The number of hydrogen-bond acceptors (Lipinski definition) is 1. The standard InChI is InChI=1S/C10H12O/c1-7(2)9-5-4-6-10(11)8(9)3/h4-7H,3H2,1-2H3. The van der Waals surface area contributed by atoms with Gasteiger partial charge in [-0.2, -0.15) is 0 Å². The average Bonchev–Trinajstić information content (AvgIpc) is 1.94. The molecule has 0 amide bonds. The first-order chi connectivity index (χ1) is 5.13. The van der Waals surface area contributed by atoms with Gasteiger partial charge in [-0.15, -0.1) is 0 Å². The van der Waals surface area contributed by atoms with Gasteiger partial charge in [-0.3, -0.25) is 4.79 Å². The predicted octanol–water partition coefficient (Wildman–Crippen LogP) is 2.26. The maximum Gasteiger partial charge on any atom is 0.185 e. The first-order valence-electron chi connectivity index (χ1n) is 3.75. The van der Waals surface area contributed by atoms with Crippen molar-refractivity contribution < 1.29 is 4.79 Å². The minimum atomic E-state index is 0.0381. The van der Waals surface area contributed by atoms with E-state index in [2.05, 4.69) is 20.4 Å². The molecule has 58 valence electrons. The second kappa shape index (κ2) is 2.87. The molecular formula is C10H12O. The van der Waals surface area contributed by atoms with Crippen molar-refractivity contribution in [3.63, 3.8) is 0 Å². The highest BCUT2D eigenvalue weighted by Crippen LogP contribution is 2.21. The van der Waals surface area contributed by atoms with E-state index in [1.807, 2.05) is 6.08 Å². The first-order valence-corrected chi connectivity index (χ1v) is 3.75. The molecule has 0 fully saturated rings. The summed E-state index contributed by atoms with van der Waals surface area (Å²) in [6.45, 7) is 7.85. The van der Waals surface area contributed by atoms with E-state index in [1.54, 1.807) is 12.2 Å². The van der Waals surface area contributed by atoms with Crippen LogP contribution in [0.15, 0.2) is 36.0 Å². The van der Waals surface area contributed by atoms with Crippen LogP contribution in [0.25, 0.3) is 0 Å². The van der Waals surface area contributed by atoms with Gasteiger partial charge in [0.25, 0.3) is 0 Å². The lowest BCUT2D eigenvalue weighted by molar-refractivity contribution is -0.111. The van der Waals surface area contributed by atoms with Gasteiger partial charge in [-0.25, -0.2) is 0 Å². The Labute approximate surface area is 67.1 Å². The van der Waals surface area contributed by atoms with Crippen molar-refractivity contribution in [2.24, 2.45) is 5.92 Å². The van der Waals surface area contributed by atoms with Gasteiger partial charge >= 0.3 is 0 Å². The summed E-state index contributed by atoms with van der Waals surface area (Å²) < 4.78 is 0. The van der Waals surface area contributed by atoms with Crippen molar-refractivity contribution in [1.82, 2.24) is 0 Å². The highest BCUT2D eigenvalue weighted by Gasteiger charge is 2.14. The van der Waals surface area contributed by atoms with Gasteiger partial charge in [0, 0.05) is 5.57 Å². The zero-order valence-corrected chi connectivity index (χ0v) is 6.92. The molecule has 0 aromatic heterocycles. The number of carbonyl (C=O) groups excluding carboxylic acids is 1. The topological polar surface area (TPSA) is 17.1 Å². The molecule has 0 N–H and O–H groups in total. The van der Waals surface area contributed by atoms with Gasteiger partial charge in [0.1, 0.15) is 0 Å². The smallest absolute Gasteiger partial charge is 0.185 e. The second-order valence-corrected chi connectivity index (χ2v) is 2.98. The fraction of sp³-hybridized carbons (Fsp3) is 0.300. The van der Waals surface area contributed by atoms with Crippen molar-refractivity contribution in [1.29, 1.82) is 0 Å². The molecule has 0 saturated heterocycles. The highest BCUT2D eigenvalue weighted by molar-refractivity contribution is 6.08. The summed E-state index contributed by atoms with van der Waals surface area (Å²) in [5.74, 6) is 0.424. The summed E-state index contributed by atoms with van der Waals surface area (Å²) in [7, 11) is 0. The van der Waals surface area contributed by atoms with Gasteiger partial charge in [-0.05, 0) is 17.6 Å². The van der Waals surface area contributed by atoms with Crippen molar-refractivity contribution in [2.75, 3.05) is 0 Å². The van der Waals surface area contributed by atoms with E-state index in [-0.39, 0.29) is 5.78 Å². The third-order valence-electron chi connectivity index (χ3n) is 1.79. The third kappa shape index (κ3) is 1.48. The molecule has 0 unspecified atom stereocenters. The minimum absolute atomic E-state index is 0.0381. The van der Waals surface area contributed by atoms with Crippen molar-refractivity contribution in [3.8, 4) is 0 Å². The lowest BCUT2D eigenvalue weighted by Gasteiger charge is -2.13. The van der Waals surface area contributed by atoms with E-state index in [9.17, 15) is 4.79 Å². The summed E-state index contributed by atoms with van der Waals surface area (Å²) in [5.41, 5.74) is 1.69. The summed E-state index contributed by atoms with van der Waals surface area (Å²) in [6, 6.07) is 0. The number of ketones is 1. The summed E-state index contributed by atoms with van der Waals surface area (Å²) in [6.07, 6.45) is 5.29. The molecule has 0 radical (unpaired) electrons. The van der Waals surface area contributed by atoms with Gasteiger partial charge in [0.15, 0.2) is 5.78 Å². The first kappa shape index (κ1) is 7.99. The Bertz CT molecular complexity index is 254. The van der Waals surface area contributed by atoms with Gasteiger partial charge < -0.3 is 0 Å². The van der Waals surface area contributed by atoms with E-state index in [0.717, 1.165) is 5.57 Å². The molecule has 0 spiro atoms. The number of allylic oxidation sites excluding steroid dienone is 5. The molecule has 0 aromatic rings. The maximum absolute atomic E-state index is 11.1. The molecule has 0 heterocycles. The summed E-state index contributed by atoms with van der Waals surface area (Å²) in [5, 5.41) is 0. The molecule has 0 bridgehead atoms. The Hall–Kier alpha value is -1.11. The van der Waals surface area contributed by atoms with Crippen molar-refractivity contribution >= 4 is 5.78 Å². The van der Waals surface area contributed by atoms with E-state index in [4.69, 9.17) is 0 Å². The minimum Gasteiger partial charge on any atom is -0.289 e. The zero-order valence-electron chi connectivity index (χ0n) is 6.92. The van der Waals surface area contributed by atoms with E-state index >= 15 is 0 Å². The molecule has 1 aliphatic rings. The zero-order chi connectivity index (χ0) is 8.43. The fourth-order valence-corrected chi connectivity index (χ4v) is 1.12. The lowest BCUT2D eigenvalue weighted by Crippen LogP contribution is -2.08. The molecule has 1 rings (SSSR count). The average molecular weight is 148 g/mol. The molecule has 1 heteroatoms. The van der Waals surface area contributed by atoms with Crippen LogP contribution in [0.3, 0.4) is 0 Å². The van der Waals surface area contributed by atoms with Gasteiger partial charge in [0.05, 0.1) is 0 Å². The van der Waals surface area contributed by atoms with E-state index in [1.165, 1.54) is 0 Å². The Kier molecular flexibility index (Phi) is 2.08. The third-order valence-corrected chi connectivity index (χ3v) is 1.79. The summed E-state index contributed by atoms with van der Waals surface area (Å²) >= 11 is 0. The Balaban J connectivity index is 2.96. The molecule has 0 aliphatic heterocycles. The fourth-order valence-electron chi connectivity index (χ4n) is 1.12. The van der Waals surface area contributed by atoms with Gasteiger partial charge in [0.2, 0.25) is 0 Å². The van der Waals surface area contributed by atoms with Gasteiger partial charge in [-0.1, -0.05) is 32.6 Å². The largest absolute Gasteiger partial charge is 0.289 e. The summed E-state index contributed by atoms with van der Waals surface area (Å²) in [4.78, 5) is 11.1. The molecule has 1 aliphatic carbocycles. The van der Waals surface area contributed by atoms with Crippen LogP contribution in [0.2, 0.25) is 0 Å². The van der Waals surface area contributed by atoms with Crippen LogP contribution in [-0.2, 0) is 4.79 Å². The normalized spacial score (nSPS) is 17.5. The SMILES string of the molecule is C=C1C(=O)C=CC=C1C(C)C. The number of hydrogen-bond donors (Lipinski definition) is 0. The Morgan fingerprint density at radius 1 is 1.45 bits per heavy atom. The van der Waals surface area contributed by atoms with Crippen LogP contribution in [0, 0.1) is 5.92 Å². The Morgan fingerprint density at radius 2 is 2.09 bits per heavy atom. The maximum atomic E-state index is 11.1.